The van der Waals surface area contributed by atoms with Gasteiger partial charge in [0.2, 0.25) is 0 Å². The van der Waals surface area contributed by atoms with Gasteiger partial charge in [-0.15, -0.1) is 0 Å². The second kappa shape index (κ2) is 2.94. The van der Waals surface area contributed by atoms with E-state index in [-0.39, 0.29) is 0 Å². The highest BCUT2D eigenvalue weighted by Crippen LogP contribution is 2.23. The van der Waals surface area contributed by atoms with E-state index in [0.29, 0.717) is 11.5 Å². The van der Waals surface area contributed by atoms with Crippen LogP contribution in [0.4, 0.5) is 11.5 Å². The molecular formula is C9H10N4. The van der Waals surface area contributed by atoms with Crippen molar-refractivity contribution in [3.05, 3.63) is 17.8 Å². The van der Waals surface area contributed by atoms with Crippen LogP contribution in [0.15, 0.2) is 12.1 Å². The van der Waals surface area contributed by atoms with Crippen LogP contribution in [0.5, 0.6) is 0 Å². The smallest absolute Gasteiger partial charge is 0.166 e. The lowest BCUT2D eigenvalue weighted by atomic mass is 10.1. The molecule has 4 nitrogen and oxygen atoms in total. The van der Waals surface area contributed by atoms with Crippen molar-refractivity contribution in [2.45, 2.75) is 6.42 Å². The highest BCUT2D eigenvalue weighted by Gasteiger charge is 2.18. The summed E-state index contributed by atoms with van der Waals surface area (Å²) in [5.41, 5.74) is 6.82. The van der Waals surface area contributed by atoms with Crippen LogP contribution in [0.1, 0.15) is 12.1 Å². The molecule has 0 atom stereocenters. The molecule has 0 aliphatic carbocycles. The Morgan fingerprint density at radius 2 is 2.23 bits per heavy atom. The summed E-state index contributed by atoms with van der Waals surface area (Å²) < 4.78 is 0. The topological polar surface area (TPSA) is 65.9 Å². The molecule has 0 bridgehead atoms. The van der Waals surface area contributed by atoms with Crippen LogP contribution in [0.3, 0.4) is 0 Å². The van der Waals surface area contributed by atoms with E-state index in [1.807, 2.05) is 6.07 Å². The Balaban J connectivity index is 2.39. The molecule has 1 saturated heterocycles. The zero-order valence-corrected chi connectivity index (χ0v) is 7.20. The Hall–Kier alpha value is -1.76. The third kappa shape index (κ3) is 1.29. The fourth-order valence-corrected chi connectivity index (χ4v) is 1.36. The number of pyridine rings is 1. The monoisotopic (exact) mass is 174 g/mol. The molecule has 1 aliphatic rings. The second-order valence-corrected chi connectivity index (χ2v) is 3.06. The first-order chi connectivity index (χ1) is 6.31. The Bertz CT molecular complexity index is 362. The fourth-order valence-electron chi connectivity index (χ4n) is 1.36. The van der Waals surface area contributed by atoms with Crippen molar-refractivity contribution in [1.29, 1.82) is 5.26 Å². The lowest BCUT2D eigenvalue weighted by Crippen LogP contribution is -2.37. The van der Waals surface area contributed by atoms with E-state index < -0.39 is 0 Å². The van der Waals surface area contributed by atoms with Gasteiger partial charge in [0.1, 0.15) is 11.9 Å². The molecular weight excluding hydrogens is 164 g/mol. The third-order valence-corrected chi connectivity index (χ3v) is 2.20. The van der Waals surface area contributed by atoms with Gasteiger partial charge in [0.25, 0.3) is 0 Å². The minimum absolute atomic E-state index is 0.404. The molecule has 1 aromatic heterocycles. The van der Waals surface area contributed by atoms with Gasteiger partial charge in [-0.2, -0.15) is 5.26 Å². The predicted octanol–water partition coefficient (Wildman–Crippen LogP) is 0.746. The molecule has 0 spiro atoms. The number of nitrogens with zero attached hydrogens (tertiary/aromatic N) is 3. The highest BCUT2D eigenvalue weighted by atomic mass is 15.2. The molecule has 2 rings (SSSR count). The zero-order chi connectivity index (χ0) is 9.26. The van der Waals surface area contributed by atoms with Crippen LogP contribution in [-0.4, -0.2) is 18.1 Å². The lowest BCUT2D eigenvalue weighted by molar-refractivity contribution is 0.616. The van der Waals surface area contributed by atoms with E-state index in [2.05, 4.69) is 16.0 Å². The molecule has 2 heterocycles. The van der Waals surface area contributed by atoms with Gasteiger partial charge in [0.15, 0.2) is 5.69 Å². The highest BCUT2D eigenvalue weighted by molar-refractivity contribution is 5.59. The molecule has 0 saturated carbocycles. The first-order valence-electron chi connectivity index (χ1n) is 4.23. The van der Waals surface area contributed by atoms with Gasteiger partial charge in [-0.05, 0) is 18.6 Å². The standard InChI is InChI=1S/C9H10N4/c10-6-7-8(13-4-1-5-13)2-3-9(11)12-7/h2-3H,1,4-5H2,(H2,11,12). The third-order valence-electron chi connectivity index (χ3n) is 2.20. The molecule has 0 unspecified atom stereocenters. The van der Waals surface area contributed by atoms with Crippen LogP contribution in [-0.2, 0) is 0 Å². The number of nitrogens with two attached hydrogens (primary N) is 1. The quantitative estimate of drug-likeness (QED) is 0.682. The van der Waals surface area contributed by atoms with Gasteiger partial charge < -0.3 is 10.6 Å². The molecule has 0 amide bonds. The molecule has 4 heteroatoms. The van der Waals surface area contributed by atoms with Crippen molar-refractivity contribution in [2.75, 3.05) is 23.7 Å². The molecule has 2 N–H and O–H groups in total. The molecule has 1 aromatic rings. The predicted molar refractivity (Wildman–Crippen MR) is 50.2 cm³/mol. The summed E-state index contributed by atoms with van der Waals surface area (Å²) in [6.45, 7) is 2.03. The summed E-state index contributed by atoms with van der Waals surface area (Å²) >= 11 is 0. The summed E-state index contributed by atoms with van der Waals surface area (Å²) in [5.74, 6) is 0.404. The van der Waals surface area contributed by atoms with Crippen LogP contribution in [0.25, 0.3) is 0 Å². The summed E-state index contributed by atoms with van der Waals surface area (Å²) in [6.07, 6.45) is 1.19. The minimum atomic E-state index is 0.404. The first kappa shape index (κ1) is 7.87. The Morgan fingerprint density at radius 3 is 2.77 bits per heavy atom. The number of aromatic nitrogens is 1. The molecule has 0 aromatic carbocycles. The number of hydrogen-bond acceptors (Lipinski definition) is 4. The summed E-state index contributed by atoms with van der Waals surface area (Å²) in [5, 5.41) is 8.82. The molecule has 66 valence electrons. The first-order valence-corrected chi connectivity index (χ1v) is 4.23. The normalized spacial score (nSPS) is 14.8. The summed E-state index contributed by atoms with van der Waals surface area (Å²) in [7, 11) is 0. The maximum atomic E-state index is 8.82. The summed E-state index contributed by atoms with van der Waals surface area (Å²) in [4.78, 5) is 6.10. The molecule has 13 heavy (non-hydrogen) atoms. The number of rotatable bonds is 1. The zero-order valence-electron chi connectivity index (χ0n) is 7.20. The van der Waals surface area contributed by atoms with E-state index in [9.17, 15) is 0 Å². The summed E-state index contributed by atoms with van der Waals surface area (Å²) in [6, 6.07) is 5.64. The van der Waals surface area contributed by atoms with Gasteiger partial charge in [0, 0.05) is 13.1 Å². The molecule has 1 aliphatic heterocycles. The minimum Gasteiger partial charge on any atom is -0.384 e. The number of anilines is 2. The van der Waals surface area contributed by atoms with Crippen molar-refractivity contribution >= 4 is 11.5 Å². The molecule has 0 radical (unpaired) electrons. The van der Waals surface area contributed by atoms with E-state index in [0.717, 1.165) is 18.8 Å². The van der Waals surface area contributed by atoms with Crippen LogP contribution < -0.4 is 10.6 Å². The lowest BCUT2D eigenvalue weighted by Gasteiger charge is -2.33. The maximum absolute atomic E-state index is 8.82. The van der Waals surface area contributed by atoms with E-state index in [4.69, 9.17) is 11.0 Å². The largest absolute Gasteiger partial charge is 0.384 e. The van der Waals surface area contributed by atoms with E-state index >= 15 is 0 Å². The van der Waals surface area contributed by atoms with Crippen molar-refractivity contribution in [3.63, 3.8) is 0 Å². The number of nitrogen functional groups attached to an aromatic ring is 1. The van der Waals surface area contributed by atoms with Crippen molar-refractivity contribution in [3.8, 4) is 6.07 Å². The van der Waals surface area contributed by atoms with Crippen LogP contribution >= 0.6 is 0 Å². The maximum Gasteiger partial charge on any atom is 0.166 e. The van der Waals surface area contributed by atoms with Gasteiger partial charge in [0.05, 0.1) is 5.69 Å². The number of nitriles is 1. The van der Waals surface area contributed by atoms with Gasteiger partial charge in [-0.25, -0.2) is 4.98 Å². The van der Waals surface area contributed by atoms with Crippen molar-refractivity contribution in [1.82, 2.24) is 4.98 Å². The van der Waals surface area contributed by atoms with Crippen LogP contribution in [0.2, 0.25) is 0 Å². The Kier molecular flexibility index (Phi) is 1.78. The van der Waals surface area contributed by atoms with Gasteiger partial charge in [-0.1, -0.05) is 0 Å². The SMILES string of the molecule is N#Cc1nc(N)ccc1N1CCC1. The van der Waals surface area contributed by atoms with Crippen molar-refractivity contribution < 1.29 is 0 Å². The Morgan fingerprint density at radius 1 is 1.46 bits per heavy atom. The van der Waals surface area contributed by atoms with Crippen molar-refractivity contribution in [2.24, 2.45) is 0 Å². The van der Waals surface area contributed by atoms with Gasteiger partial charge in [-0.3, -0.25) is 0 Å². The van der Waals surface area contributed by atoms with Gasteiger partial charge >= 0.3 is 0 Å². The average molecular weight is 174 g/mol. The van der Waals surface area contributed by atoms with E-state index in [1.54, 1.807) is 6.07 Å². The fraction of sp³-hybridized carbons (Fsp3) is 0.333. The second-order valence-electron chi connectivity index (χ2n) is 3.06. The molecule has 1 fully saturated rings. The average Bonchev–Trinajstić information content (AvgIpc) is 2.05. The van der Waals surface area contributed by atoms with E-state index in [1.165, 1.54) is 6.42 Å². The number of hydrogen-bond donors (Lipinski definition) is 1. The Labute approximate surface area is 76.6 Å². The van der Waals surface area contributed by atoms with Crippen LogP contribution in [0, 0.1) is 11.3 Å².